The molecule has 0 amide bonds. The lowest BCUT2D eigenvalue weighted by Crippen LogP contribution is -2.32. The van der Waals surface area contributed by atoms with Gasteiger partial charge < -0.3 is 18.6 Å². The highest BCUT2D eigenvalue weighted by Gasteiger charge is 2.51. The third kappa shape index (κ3) is 6.01. The molecule has 1 aliphatic carbocycles. The first-order valence-corrected chi connectivity index (χ1v) is 25.3. The molecule has 3 heterocycles. The SMILES string of the molecule is c1ccc(-c2ccc(N(c3ccccc3)c3ccc4c(c3)C3(c5cc6oc7cc(N(c8ccccc8)c8ccccc8)ccc7c6cc5S4)c4ccccc4-c4ccccc43)c3c2oc2ccccc23)cc1. The predicted molar refractivity (Wildman–Crippen MR) is 297 cm³/mol. The van der Waals surface area contributed by atoms with Crippen LogP contribution in [0, 0.1) is 0 Å². The van der Waals surface area contributed by atoms with E-state index in [9.17, 15) is 0 Å². The van der Waals surface area contributed by atoms with Crippen LogP contribution in [-0.4, -0.2) is 0 Å². The van der Waals surface area contributed by atoms with Crippen LogP contribution in [0.2, 0.25) is 0 Å². The molecular weight excluding hydrogens is 897 g/mol. The molecule has 72 heavy (non-hydrogen) atoms. The van der Waals surface area contributed by atoms with Crippen molar-refractivity contribution in [3.05, 3.63) is 277 Å². The highest BCUT2D eigenvalue weighted by atomic mass is 32.2. The minimum Gasteiger partial charge on any atom is -0.456 e. The van der Waals surface area contributed by atoms with Gasteiger partial charge in [0.05, 0.1) is 16.5 Å². The third-order valence-electron chi connectivity index (χ3n) is 14.9. The highest BCUT2D eigenvalue weighted by molar-refractivity contribution is 7.99. The van der Waals surface area contributed by atoms with Gasteiger partial charge in [-0.25, -0.2) is 0 Å². The molecule has 0 saturated heterocycles. The van der Waals surface area contributed by atoms with Crippen LogP contribution in [0.5, 0.6) is 0 Å². The van der Waals surface area contributed by atoms with E-state index >= 15 is 0 Å². The molecule has 0 unspecified atom stereocenters. The summed E-state index contributed by atoms with van der Waals surface area (Å²) < 4.78 is 13.9. The molecule has 4 nitrogen and oxygen atoms in total. The summed E-state index contributed by atoms with van der Waals surface area (Å²) >= 11 is 1.86. The van der Waals surface area contributed by atoms with E-state index in [2.05, 4.69) is 265 Å². The van der Waals surface area contributed by atoms with E-state index in [1.54, 1.807) is 0 Å². The maximum Gasteiger partial charge on any atom is 0.145 e. The second kappa shape index (κ2) is 16.0. The topological polar surface area (TPSA) is 32.8 Å². The van der Waals surface area contributed by atoms with Crippen LogP contribution < -0.4 is 9.80 Å². The van der Waals surface area contributed by atoms with Gasteiger partial charge in [0.15, 0.2) is 0 Å². The monoisotopic (exact) mass is 938 g/mol. The summed E-state index contributed by atoms with van der Waals surface area (Å²) in [4.78, 5) is 7.16. The van der Waals surface area contributed by atoms with Crippen molar-refractivity contribution in [1.82, 2.24) is 0 Å². The zero-order valence-corrected chi connectivity index (χ0v) is 39.7. The van der Waals surface area contributed by atoms with Crippen molar-refractivity contribution in [2.75, 3.05) is 9.80 Å². The Labute approximate surface area is 420 Å². The molecule has 15 rings (SSSR count). The number of anilines is 6. The van der Waals surface area contributed by atoms with Gasteiger partial charge in [-0.2, -0.15) is 0 Å². The Morgan fingerprint density at radius 1 is 0.319 bits per heavy atom. The van der Waals surface area contributed by atoms with Crippen LogP contribution in [-0.2, 0) is 5.41 Å². The number of nitrogens with zero attached hydrogens (tertiary/aromatic N) is 2. The van der Waals surface area contributed by atoms with Crippen molar-refractivity contribution in [2.45, 2.75) is 15.2 Å². The molecule has 0 saturated carbocycles. The molecular formula is C67H42N2O2S. The van der Waals surface area contributed by atoms with Crippen molar-refractivity contribution >= 4 is 89.8 Å². The summed E-state index contributed by atoms with van der Waals surface area (Å²) in [5.41, 5.74) is 18.8. The highest BCUT2D eigenvalue weighted by Crippen LogP contribution is 2.63. The van der Waals surface area contributed by atoms with Crippen LogP contribution in [0.25, 0.3) is 66.1 Å². The second-order valence-electron chi connectivity index (χ2n) is 18.7. The molecule has 0 radical (unpaired) electrons. The van der Waals surface area contributed by atoms with Crippen LogP contribution in [0.15, 0.2) is 273 Å². The number of rotatable bonds is 7. The molecule has 1 spiro atoms. The largest absolute Gasteiger partial charge is 0.456 e. The number of benzene rings is 11. The van der Waals surface area contributed by atoms with Gasteiger partial charge in [0.1, 0.15) is 22.3 Å². The Balaban J connectivity index is 0.964. The van der Waals surface area contributed by atoms with Crippen LogP contribution in [0.4, 0.5) is 34.1 Å². The first-order chi connectivity index (χ1) is 35.7. The van der Waals surface area contributed by atoms with Crippen molar-refractivity contribution < 1.29 is 8.83 Å². The summed E-state index contributed by atoms with van der Waals surface area (Å²) in [5, 5.41) is 4.35. The molecule has 2 aromatic heterocycles. The van der Waals surface area contributed by atoms with Gasteiger partial charge >= 0.3 is 0 Å². The Morgan fingerprint density at radius 3 is 1.57 bits per heavy atom. The van der Waals surface area contributed by atoms with Gasteiger partial charge in [-0.05, 0) is 136 Å². The molecule has 11 aromatic carbocycles. The molecule has 2 aliphatic rings. The van der Waals surface area contributed by atoms with Gasteiger partial charge in [-0.1, -0.05) is 163 Å². The van der Waals surface area contributed by atoms with Crippen molar-refractivity contribution in [1.29, 1.82) is 0 Å². The Kier molecular flexibility index (Phi) is 9.07. The van der Waals surface area contributed by atoms with E-state index in [1.165, 1.54) is 43.2 Å². The fourth-order valence-electron chi connectivity index (χ4n) is 11.9. The third-order valence-corrected chi connectivity index (χ3v) is 16.0. The average Bonchev–Trinajstić information content (AvgIpc) is 4.11. The predicted octanol–water partition coefficient (Wildman–Crippen LogP) is 18.9. The van der Waals surface area contributed by atoms with Crippen LogP contribution >= 0.6 is 11.8 Å². The van der Waals surface area contributed by atoms with Gasteiger partial charge in [-0.15, -0.1) is 0 Å². The number of para-hydroxylation sites is 4. The zero-order valence-electron chi connectivity index (χ0n) is 38.9. The van der Waals surface area contributed by atoms with E-state index in [0.29, 0.717) is 0 Å². The molecule has 13 aromatic rings. The molecule has 0 N–H and O–H groups in total. The molecule has 0 atom stereocenters. The lowest BCUT2D eigenvalue weighted by atomic mass is 9.67. The zero-order chi connectivity index (χ0) is 47.3. The Bertz CT molecular complexity index is 4170. The molecule has 5 heteroatoms. The fraction of sp³-hybridized carbons (Fsp3) is 0.0149. The van der Waals surface area contributed by atoms with Crippen molar-refractivity contribution in [3.8, 4) is 22.3 Å². The lowest BCUT2D eigenvalue weighted by Gasteiger charge is -2.40. The summed E-state index contributed by atoms with van der Waals surface area (Å²) in [7, 11) is 0. The lowest BCUT2D eigenvalue weighted by molar-refractivity contribution is 0.662. The number of hydrogen-bond acceptors (Lipinski definition) is 5. The summed E-state index contributed by atoms with van der Waals surface area (Å²) in [6.45, 7) is 0. The van der Waals surface area contributed by atoms with E-state index in [1.807, 2.05) is 11.8 Å². The second-order valence-corrected chi connectivity index (χ2v) is 19.8. The average molecular weight is 939 g/mol. The first kappa shape index (κ1) is 40.8. The molecule has 0 fully saturated rings. The Morgan fingerprint density at radius 2 is 0.875 bits per heavy atom. The molecule has 0 bridgehead atoms. The van der Waals surface area contributed by atoms with E-state index in [4.69, 9.17) is 8.83 Å². The van der Waals surface area contributed by atoms with Crippen molar-refractivity contribution in [3.63, 3.8) is 0 Å². The Hall–Kier alpha value is -9.03. The van der Waals surface area contributed by atoms with Gasteiger partial charge in [0, 0.05) is 66.0 Å². The molecule has 338 valence electrons. The number of furan rings is 2. The number of hydrogen-bond donors (Lipinski definition) is 0. The van der Waals surface area contributed by atoms with Gasteiger partial charge in [0.25, 0.3) is 0 Å². The van der Waals surface area contributed by atoms with E-state index < -0.39 is 5.41 Å². The maximum absolute atomic E-state index is 7.08. The maximum atomic E-state index is 7.08. The fourth-order valence-corrected chi connectivity index (χ4v) is 13.1. The minimum atomic E-state index is -0.661. The smallest absolute Gasteiger partial charge is 0.145 e. The van der Waals surface area contributed by atoms with Gasteiger partial charge in [0.2, 0.25) is 0 Å². The number of fused-ring (bicyclic) bond motifs is 15. The van der Waals surface area contributed by atoms with Gasteiger partial charge in [-0.3, -0.25) is 0 Å². The van der Waals surface area contributed by atoms with E-state index in [0.717, 1.165) is 89.1 Å². The van der Waals surface area contributed by atoms with Crippen LogP contribution in [0.1, 0.15) is 22.3 Å². The quantitative estimate of drug-likeness (QED) is 0.159. The van der Waals surface area contributed by atoms with Crippen molar-refractivity contribution in [2.24, 2.45) is 0 Å². The summed E-state index contributed by atoms with van der Waals surface area (Å²) in [6.07, 6.45) is 0. The standard InChI is InChI=1S/C67H42N2O2S/c1-5-19-43(20-6-1)49-36-37-59(65-53-29-15-18-32-60(53)71-66(49)65)69(46-25-11-4-12-26-46)47-34-38-63-57(39-47)67(55-30-16-13-27-50(55)51-28-14-17-31-56(51)67)58-42-62-54(41-64(58)72-63)52-35-33-48(40-61(52)70-62)68(44-21-7-2-8-22-44)45-23-9-3-10-24-45/h1-42H. The summed E-state index contributed by atoms with van der Waals surface area (Å²) in [6, 6.07) is 91.9. The summed E-state index contributed by atoms with van der Waals surface area (Å²) in [5.74, 6) is 0. The normalized spacial score (nSPS) is 13.1. The van der Waals surface area contributed by atoms with E-state index in [-0.39, 0.29) is 0 Å². The first-order valence-electron chi connectivity index (χ1n) is 24.5. The van der Waals surface area contributed by atoms with Crippen LogP contribution in [0.3, 0.4) is 0 Å². The molecule has 1 aliphatic heterocycles. The minimum absolute atomic E-state index is 0.661.